The minimum atomic E-state index is -0.496. The third-order valence-electron chi connectivity index (χ3n) is 4.30. The van der Waals surface area contributed by atoms with Gasteiger partial charge in [-0.05, 0) is 51.8 Å². The maximum absolute atomic E-state index is 12.0. The molecule has 0 radical (unpaired) electrons. The van der Waals surface area contributed by atoms with Gasteiger partial charge in [0.2, 0.25) is 0 Å². The second-order valence-electron chi connectivity index (χ2n) is 7.43. The van der Waals surface area contributed by atoms with Crippen molar-refractivity contribution < 1.29 is 9.53 Å². The van der Waals surface area contributed by atoms with Gasteiger partial charge in [0.05, 0.1) is 5.52 Å². The summed E-state index contributed by atoms with van der Waals surface area (Å²) in [5, 5.41) is 13.2. The molecule has 0 aliphatic carbocycles. The number of piperidine rings is 1. The summed E-state index contributed by atoms with van der Waals surface area (Å²) >= 11 is 0. The van der Waals surface area contributed by atoms with Gasteiger partial charge >= 0.3 is 6.09 Å². The Labute approximate surface area is 148 Å². The van der Waals surface area contributed by atoms with Crippen LogP contribution in [0.3, 0.4) is 0 Å². The molecule has 1 aromatic carbocycles. The zero-order valence-corrected chi connectivity index (χ0v) is 15.0. The van der Waals surface area contributed by atoms with Crippen molar-refractivity contribution >= 4 is 22.7 Å². The number of amides is 1. The summed E-state index contributed by atoms with van der Waals surface area (Å²) in [5.41, 5.74) is 1.51. The van der Waals surface area contributed by atoms with Crippen molar-refractivity contribution in [2.75, 3.05) is 18.0 Å². The Kier molecular flexibility index (Phi) is 4.58. The zero-order chi connectivity index (χ0) is 18.0. The van der Waals surface area contributed by atoms with Gasteiger partial charge in [0.15, 0.2) is 6.19 Å². The third-order valence-corrected chi connectivity index (χ3v) is 4.30. The number of hydrogen-bond donors (Lipinski definition) is 1. The number of ether oxygens (including phenoxy) is 1. The molecule has 1 unspecified atom stereocenters. The molecule has 1 N–H and O–H groups in total. The number of carbonyl (C=O) groups is 1. The first-order valence-electron chi connectivity index (χ1n) is 8.62. The highest BCUT2D eigenvalue weighted by Gasteiger charge is 2.25. The molecular weight excluding hydrogens is 316 g/mol. The van der Waals surface area contributed by atoms with Gasteiger partial charge in [0, 0.05) is 36.4 Å². The lowest BCUT2D eigenvalue weighted by Crippen LogP contribution is -2.49. The number of nitriles is 1. The summed E-state index contributed by atoms with van der Waals surface area (Å²) in [6.07, 6.45) is 5.51. The normalized spacial score (nSPS) is 18.0. The van der Waals surface area contributed by atoms with Gasteiger partial charge < -0.3 is 15.0 Å². The number of benzene rings is 1. The minimum absolute atomic E-state index is 0.0527. The van der Waals surface area contributed by atoms with Gasteiger partial charge in [-0.25, -0.2) is 4.79 Å². The smallest absolute Gasteiger partial charge is 0.407 e. The van der Waals surface area contributed by atoms with Crippen molar-refractivity contribution in [3.05, 3.63) is 30.5 Å². The molecule has 6 nitrogen and oxygen atoms in total. The van der Waals surface area contributed by atoms with E-state index in [1.54, 1.807) is 10.8 Å². The van der Waals surface area contributed by atoms with Crippen molar-refractivity contribution in [3.8, 4) is 6.19 Å². The van der Waals surface area contributed by atoms with Crippen LogP contribution in [-0.2, 0) is 4.74 Å². The van der Waals surface area contributed by atoms with Crippen LogP contribution < -0.4 is 10.2 Å². The summed E-state index contributed by atoms with van der Waals surface area (Å²) in [4.78, 5) is 14.3. The Morgan fingerprint density at radius 2 is 2.16 bits per heavy atom. The highest BCUT2D eigenvalue weighted by molar-refractivity contribution is 5.93. The van der Waals surface area contributed by atoms with E-state index in [4.69, 9.17) is 4.74 Å². The van der Waals surface area contributed by atoms with E-state index in [0.29, 0.717) is 0 Å². The second kappa shape index (κ2) is 6.67. The number of carbonyl (C=O) groups excluding carboxylic acids is 1. The lowest BCUT2D eigenvalue weighted by atomic mass is 10.0. The Bertz CT molecular complexity index is 813. The molecule has 25 heavy (non-hydrogen) atoms. The average molecular weight is 340 g/mol. The number of nitrogens with one attached hydrogen (secondary N) is 1. The van der Waals surface area contributed by atoms with Gasteiger partial charge in [0.25, 0.3) is 0 Å². The summed E-state index contributed by atoms with van der Waals surface area (Å²) < 4.78 is 6.93. The highest BCUT2D eigenvalue weighted by Crippen LogP contribution is 2.29. The van der Waals surface area contributed by atoms with E-state index in [2.05, 4.69) is 22.5 Å². The Morgan fingerprint density at radius 3 is 2.88 bits per heavy atom. The fraction of sp³-hybridized carbons (Fsp3) is 0.474. The number of anilines is 1. The van der Waals surface area contributed by atoms with Gasteiger partial charge in [-0.15, -0.1) is 0 Å². The van der Waals surface area contributed by atoms with Crippen LogP contribution in [0.1, 0.15) is 33.6 Å². The Morgan fingerprint density at radius 1 is 1.36 bits per heavy atom. The molecule has 1 amide bonds. The summed E-state index contributed by atoms with van der Waals surface area (Å²) in [5.74, 6) is 0. The third kappa shape index (κ3) is 3.87. The predicted octanol–water partition coefficient (Wildman–Crippen LogP) is 3.46. The number of rotatable bonds is 2. The first-order valence-corrected chi connectivity index (χ1v) is 8.62. The van der Waals surface area contributed by atoms with Crippen LogP contribution in [-0.4, -0.2) is 35.4 Å². The molecule has 2 heterocycles. The quantitative estimate of drug-likeness (QED) is 0.909. The average Bonchev–Trinajstić information content (AvgIpc) is 2.96. The van der Waals surface area contributed by atoms with Crippen LogP contribution in [0.4, 0.5) is 10.5 Å². The molecule has 6 heteroatoms. The summed E-state index contributed by atoms with van der Waals surface area (Å²) in [6, 6.07) is 8.01. The van der Waals surface area contributed by atoms with Crippen LogP contribution in [0.15, 0.2) is 30.5 Å². The first-order chi connectivity index (χ1) is 11.9. The van der Waals surface area contributed by atoms with E-state index < -0.39 is 5.60 Å². The maximum atomic E-state index is 12.0. The lowest BCUT2D eigenvalue weighted by molar-refractivity contribution is 0.0500. The number of nitrogens with zero attached hydrogens (tertiary/aromatic N) is 3. The molecule has 1 saturated heterocycles. The van der Waals surface area contributed by atoms with Gasteiger partial charge in [-0.3, -0.25) is 4.57 Å². The van der Waals surface area contributed by atoms with Crippen molar-refractivity contribution in [2.45, 2.75) is 45.3 Å². The van der Waals surface area contributed by atoms with Crippen LogP contribution >= 0.6 is 0 Å². The molecule has 132 valence electrons. The number of alkyl carbamates (subject to hydrolysis) is 1. The fourth-order valence-corrected chi connectivity index (χ4v) is 3.30. The first kappa shape index (κ1) is 17.2. The van der Waals surface area contributed by atoms with Crippen LogP contribution in [0.5, 0.6) is 0 Å². The molecule has 0 saturated carbocycles. The number of hydrogen-bond acceptors (Lipinski definition) is 4. The molecule has 1 atom stereocenters. The van der Waals surface area contributed by atoms with E-state index in [-0.39, 0.29) is 12.1 Å². The maximum Gasteiger partial charge on any atom is 0.407 e. The fourth-order valence-electron chi connectivity index (χ4n) is 3.30. The van der Waals surface area contributed by atoms with Gasteiger partial charge in [0.1, 0.15) is 5.60 Å². The summed E-state index contributed by atoms with van der Waals surface area (Å²) in [7, 11) is 0. The van der Waals surface area contributed by atoms with E-state index in [9.17, 15) is 10.1 Å². The molecule has 1 fully saturated rings. The zero-order valence-electron chi connectivity index (χ0n) is 15.0. The number of aromatic nitrogens is 1. The van der Waals surface area contributed by atoms with Crippen LogP contribution in [0, 0.1) is 11.5 Å². The molecule has 1 aliphatic heterocycles. The molecule has 3 rings (SSSR count). The van der Waals surface area contributed by atoms with Crippen molar-refractivity contribution in [3.63, 3.8) is 0 Å². The molecule has 1 aliphatic rings. The van der Waals surface area contributed by atoms with Gasteiger partial charge in [-0.1, -0.05) is 6.07 Å². The Balaban J connectivity index is 1.75. The summed E-state index contributed by atoms with van der Waals surface area (Å²) in [6.45, 7) is 7.25. The molecular formula is C19H24N4O2. The highest BCUT2D eigenvalue weighted by atomic mass is 16.6. The molecule has 0 bridgehead atoms. The molecule has 2 aromatic rings. The topological polar surface area (TPSA) is 70.3 Å². The van der Waals surface area contributed by atoms with Crippen molar-refractivity contribution in [1.82, 2.24) is 9.88 Å². The van der Waals surface area contributed by atoms with E-state index >= 15 is 0 Å². The predicted molar refractivity (Wildman–Crippen MR) is 97.6 cm³/mol. The molecule has 0 spiro atoms. The van der Waals surface area contributed by atoms with Crippen molar-refractivity contribution in [2.24, 2.45) is 0 Å². The minimum Gasteiger partial charge on any atom is -0.444 e. The Hall–Kier alpha value is -2.68. The molecule has 1 aromatic heterocycles. The van der Waals surface area contributed by atoms with E-state index in [0.717, 1.165) is 42.5 Å². The number of fused-ring (bicyclic) bond motifs is 1. The largest absolute Gasteiger partial charge is 0.444 e. The van der Waals surface area contributed by atoms with E-state index in [1.165, 1.54) is 0 Å². The van der Waals surface area contributed by atoms with Crippen LogP contribution in [0.2, 0.25) is 0 Å². The van der Waals surface area contributed by atoms with Crippen LogP contribution in [0.25, 0.3) is 10.9 Å². The SMILES string of the molecule is CC(C)(C)OC(=O)NC1CCCN(c2cccc3c2ccn3C#N)C1. The van der Waals surface area contributed by atoms with E-state index in [1.807, 2.05) is 39.0 Å². The van der Waals surface area contributed by atoms with Gasteiger partial charge in [-0.2, -0.15) is 5.26 Å². The standard InChI is InChI=1S/C19H24N4O2/c1-19(2,3)25-18(24)21-14-6-5-10-22(12-14)16-7-4-8-17-15(16)9-11-23(17)13-20/h4,7-9,11,14H,5-6,10,12H2,1-3H3,(H,21,24). The van der Waals surface area contributed by atoms with Crippen molar-refractivity contribution in [1.29, 1.82) is 5.26 Å². The second-order valence-corrected chi connectivity index (χ2v) is 7.43. The lowest BCUT2D eigenvalue weighted by Gasteiger charge is -2.35. The monoisotopic (exact) mass is 340 g/mol.